The molecule has 0 aromatic heterocycles. The molecule has 3 nitrogen and oxygen atoms in total. The zero-order valence-corrected chi connectivity index (χ0v) is 7.07. The van der Waals surface area contributed by atoms with E-state index in [-0.39, 0.29) is 6.04 Å². The summed E-state index contributed by atoms with van der Waals surface area (Å²) in [5.41, 5.74) is 0. The fourth-order valence-electron chi connectivity index (χ4n) is 0.290. The Morgan fingerprint density at radius 2 is 2.00 bits per heavy atom. The quantitative estimate of drug-likeness (QED) is 0.589. The van der Waals surface area contributed by atoms with Crippen molar-refractivity contribution in [2.75, 3.05) is 14.2 Å². The lowest BCUT2D eigenvalue weighted by atomic mass is 10.4. The summed E-state index contributed by atoms with van der Waals surface area (Å²) in [7, 11) is 3.18. The molecule has 0 aliphatic heterocycles. The van der Waals surface area contributed by atoms with E-state index in [9.17, 15) is 4.21 Å². The van der Waals surface area contributed by atoms with Gasteiger partial charge in [-0.2, -0.15) is 0 Å². The van der Waals surface area contributed by atoms with Gasteiger partial charge in [0.05, 0.1) is 7.11 Å². The molecule has 0 heterocycles. The van der Waals surface area contributed by atoms with Crippen molar-refractivity contribution < 1.29 is 8.39 Å². The summed E-state index contributed by atoms with van der Waals surface area (Å²) in [6, 6.07) is 0.255. The molecular weight excluding hydrogens is 138 g/mol. The predicted octanol–water partition coefficient (Wildman–Crippen LogP) is 0.552. The molecule has 56 valence electrons. The lowest BCUT2D eigenvalue weighted by Gasteiger charge is -2.16. The Kier molecular flexibility index (Phi) is 4.01. The normalized spacial score (nSPS) is 14.9. The fraction of sp³-hybridized carbons (Fsp3) is 1.00. The van der Waals surface area contributed by atoms with Crippen molar-refractivity contribution in [2.45, 2.75) is 19.9 Å². The van der Waals surface area contributed by atoms with Gasteiger partial charge in [-0.25, -0.2) is 8.51 Å². The molecule has 4 heteroatoms. The topological polar surface area (TPSA) is 29.5 Å². The summed E-state index contributed by atoms with van der Waals surface area (Å²) in [5, 5.41) is 0. The van der Waals surface area contributed by atoms with E-state index >= 15 is 0 Å². The van der Waals surface area contributed by atoms with Gasteiger partial charge < -0.3 is 0 Å². The van der Waals surface area contributed by atoms with Gasteiger partial charge in [-0.3, -0.25) is 4.18 Å². The molecule has 0 fully saturated rings. The molecular formula is C5H13NO2S. The Hall–Kier alpha value is 0.0700. The van der Waals surface area contributed by atoms with Crippen molar-refractivity contribution in [3.63, 3.8) is 0 Å². The SMILES string of the molecule is COS(=O)N(C)C(C)C. The number of hydrogen-bond donors (Lipinski definition) is 0. The molecule has 0 aliphatic rings. The molecule has 0 bridgehead atoms. The first-order valence-electron chi connectivity index (χ1n) is 2.78. The van der Waals surface area contributed by atoms with E-state index in [1.807, 2.05) is 13.8 Å². The molecule has 0 radical (unpaired) electrons. The fourth-order valence-corrected chi connectivity index (χ4v) is 0.869. The van der Waals surface area contributed by atoms with Crippen LogP contribution in [-0.2, 0) is 15.4 Å². The molecule has 0 N–H and O–H groups in total. The minimum absolute atomic E-state index is 0.255. The van der Waals surface area contributed by atoms with Crippen LogP contribution in [0.3, 0.4) is 0 Å². The molecule has 0 rings (SSSR count). The highest BCUT2D eigenvalue weighted by atomic mass is 32.2. The van der Waals surface area contributed by atoms with Crippen molar-refractivity contribution in [3.8, 4) is 0 Å². The summed E-state index contributed by atoms with van der Waals surface area (Å²) >= 11 is -1.27. The van der Waals surface area contributed by atoms with Crippen LogP contribution in [0.4, 0.5) is 0 Å². The van der Waals surface area contributed by atoms with E-state index in [0.717, 1.165) is 0 Å². The maximum Gasteiger partial charge on any atom is 0.236 e. The predicted molar refractivity (Wildman–Crippen MR) is 38.1 cm³/mol. The lowest BCUT2D eigenvalue weighted by molar-refractivity contribution is 0.355. The van der Waals surface area contributed by atoms with Gasteiger partial charge in [-0.1, -0.05) is 0 Å². The third-order valence-electron chi connectivity index (χ3n) is 1.10. The first-order chi connectivity index (χ1) is 4.09. The van der Waals surface area contributed by atoms with Crippen LogP contribution < -0.4 is 0 Å². The summed E-state index contributed by atoms with van der Waals surface area (Å²) in [4.78, 5) is 0. The second-order valence-electron chi connectivity index (χ2n) is 2.02. The van der Waals surface area contributed by atoms with Gasteiger partial charge in [0.25, 0.3) is 0 Å². The highest BCUT2D eigenvalue weighted by molar-refractivity contribution is 7.77. The maximum absolute atomic E-state index is 10.8. The van der Waals surface area contributed by atoms with Crippen LogP contribution >= 0.6 is 0 Å². The zero-order valence-electron chi connectivity index (χ0n) is 6.25. The molecule has 0 saturated heterocycles. The van der Waals surface area contributed by atoms with Crippen molar-refractivity contribution in [1.29, 1.82) is 0 Å². The van der Waals surface area contributed by atoms with Crippen LogP contribution in [0, 0.1) is 0 Å². The average Bonchev–Trinajstić information content (AvgIpc) is 1.84. The van der Waals surface area contributed by atoms with Gasteiger partial charge in [0.15, 0.2) is 0 Å². The summed E-state index contributed by atoms with van der Waals surface area (Å²) < 4.78 is 17.0. The molecule has 0 saturated carbocycles. The second kappa shape index (κ2) is 3.98. The lowest BCUT2D eigenvalue weighted by Crippen LogP contribution is -2.28. The van der Waals surface area contributed by atoms with Gasteiger partial charge in [-0.15, -0.1) is 0 Å². The first-order valence-corrected chi connectivity index (χ1v) is 3.82. The summed E-state index contributed by atoms with van der Waals surface area (Å²) in [6.07, 6.45) is 0. The van der Waals surface area contributed by atoms with Gasteiger partial charge in [-0.05, 0) is 13.8 Å². The maximum atomic E-state index is 10.8. The zero-order chi connectivity index (χ0) is 7.44. The second-order valence-corrected chi connectivity index (χ2v) is 3.37. The van der Waals surface area contributed by atoms with Gasteiger partial charge in [0.1, 0.15) is 0 Å². The van der Waals surface area contributed by atoms with E-state index in [2.05, 4.69) is 4.18 Å². The number of nitrogens with zero attached hydrogens (tertiary/aromatic N) is 1. The first kappa shape index (κ1) is 9.07. The van der Waals surface area contributed by atoms with Crippen molar-refractivity contribution in [1.82, 2.24) is 4.31 Å². The van der Waals surface area contributed by atoms with Crippen LogP contribution in [0.25, 0.3) is 0 Å². The highest BCUT2D eigenvalue weighted by Gasteiger charge is 2.09. The van der Waals surface area contributed by atoms with Crippen molar-refractivity contribution in [2.24, 2.45) is 0 Å². The number of hydrogen-bond acceptors (Lipinski definition) is 2. The van der Waals surface area contributed by atoms with Gasteiger partial charge >= 0.3 is 0 Å². The van der Waals surface area contributed by atoms with Crippen molar-refractivity contribution >= 4 is 11.3 Å². The number of rotatable bonds is 3. The van der Waals surface area contributed by atoms with E-state index in [4.69, 9.17) is 0 Å². The van der Waals surface area contributed by atoms with Crippen molar-refractivity contribution in [3.05, 3.63) is 0 Å². The third kappa shape index (κ3) is 2.93. The minimum Gasteiger partial charge on any atom is -0.281 e. The monoisotopic (exact) mass is 151 g/mol. The van der Waals surface area contributed by atoms with E-state index in [1.165, 1.54) is 7.11 Å². The summed E-state index contributed by atoms with van der Waals surface area (Å²) in [5.74, 6) is 0. The molecule has 1 unspecified atom stereocenters. The molecule has 0 aromatic rings. The Morgan fingerprint density at radius 3 is 2.11 bits per heavy atom. The molecule has 0 aliphatic carbocycles. The molecule has 0 aromatic carbocycles. The Bertz CT molecular complexity index is 105. The molecule has 0 amide bonds. The highest BCUT2D eigenvalue weighted by Crippen LogP contribution is 1.97. The van der Waals surface area contributed by atoms with E-state index in [0.29, 0.717) is 0 Å². The Labute approximate surface area is 58.8 Å². The largest absolute Gasteiger partial charge is 0.281 e. The van der Waals surface area contributed by atoms with Crippen LogP contribution in [0.15, 0.2) is 0 Å². The van der Waals surface area contributed by atoms with E-state index in [1.54, 1.807) is 11.4 Å². The van der Waals surface area contributed by atoms with Gasteiger partial charge in [0, 0.05) is 13.1 Å². The van der Waals surface area contributed by atoms with Crippen LogP contribution in [-0.4, -0.2) is 28.7 Å². The molecule has 1 atom stereocenters. The third-order valence-corrected chi connectivity index (χ3v) is 2.28. The summed E-state index contributed by atoms with van der Waals surface area (Å²) in [6.45, 7) is 3.91. The Morgan fingerprint density at radius 1 is 1.56 bits per heavy atom. The smallest absolute Gasteiger partial charge is 0.236 e. The molecule has 0 spiro atoms. The van der Waals surface area contributed by atoms with Crippen LogP contribution in [0.2, 0.25) is 0 Å². The van der Waals surface area contributed by atoms with Crippen LogP contribution in [0.1, 0.15) is 13.8 Å². The Balaban J connectivity index is 3.72. The van der Waals surface area contributed by atoms with Crippen LogP contribution in [0.5, 0.6) is 0 Å². The average molecular weight is 151 g/mol. The van der Waals surface area contributed by atoms with Gasteiger partial charge in [0.2, 0.25) is 11.3 Å². The standard InChI is InChI=1S/C5H13NO2S/c1-5(2)6(3)9(7)8-4/h5H,1-4H3. The van der Waals surface area contributed by atoms with E-state index < -0.39 is 11.3 Å². The molecule has 9 heavy (non-hydrogen) atoms. The minimum atomic E-state index is -1.27.